The van der Waals surface area contributed by atoms with Crippen LogP contribution in [0.4, 0.5) is 5.69 Å². The fourth-order valence-corrected chi connectivity index (χ4v) is 2.53. The van der Waals surface area contributed by atoms with Crippen molar-refractivity contribution in [3.05, 3.63) is 71.9 Å². The topological polar surface area (TPSA) is 34.1 Å². The number of para-hydroxylation sites is 2. The zero-order valence-corrected chi connectivity index (χ0v) is 10.9. The lowest BCUT2D eigenvalue weighted by Crippen LogP contribution is -2.21. The van der Waals surface area contributed by atoms with Crippen molar-refractivity contribution in [3.8, 4) is 0 Å². The number of fused-ring (bicyclic) bond motifs is 2. The second kappa shape index (κ2) is 4.62. The summed E-state index contributed by atoms with van der Waals surface area (Å²) in [6.45, 7) is 0.613. The molecule has 1 atom stereocenters. The fourth-order valence-electron chi connectivity index (χ4n) is 2.53. The first kappa shape index (κ1) is 11.4. The van der Waals surface area contributed by atoms with Gasteiger partial charge in [-0.2, -0.15) is 0 Å². The third-order valence-corrected chi connectivity index (χ3v) is 3.60. The fraction of sp³-hybridized carbons (Fsp3) is 0.118. The maximum absolute atomic E-state index is 5.87. The Labute approximate surface area is 117 Å². The highest BCUT2D eigenvalue weighted by molar-refractivity contribution is 5.78. The van der Waals surface area contributed by atoms with Crippen molar-refractivity contribution in [3.63, 3.8) is 0 Å². The van der Waals surface area contributed by atoms with E-state index in [1.54, 1.807) is 0 Å². The molecular formula is C17H14N2O. The molecule has 0 amide bonds. The van der Waals surface area contributed by atoms with E-state index in [1.807, 2.05) is 36.4 Å². The molecule has 3 aromatic rings. The first-order chi connectivity index (χ1) is 9.90. The van der Waals surface area contributed by atoms with E-state index in [4.69, 9.17) is 4.74 Å². The van der Waals surface area contributed by atoms with E-state index in [2.05, 4.69) is 34.6 Å². The summed E-state index contributed by atoms with van der Waals surface area (Å²) >= 11 is 0. The molecular weight excluding hydrogens is 248 g/mol. The maximum atomic E-state index is 5.87. The lowest BCUT2D eigenvalue weighted by molar-refractivity contribution is 0.0482. The predicted molar refractivity (Wildman–Crippen MR) is 79.3 cm³/mol. The van der Waals surface area contributed by atoms with Crippen molar-refractivity contribution in [1.29, 1.82) is 0 Å². The van der Waals surface area contributed by atoms with Crippen LogP contribution in [-0.4, -0.2) is 4.98 Å². The highest BCUT2D eigenvalue weighted by Gasteiger charge is 2.20. The summed E-state index contributed by atoms with van der Waals surface area (Å²) in [4.78, 5) is 4.68. The van der Waals surface area contributed by atoms with Gasteiger partial charge in [-0.05, 0) is 18.2 Å². The monoisotopic (exact) mass is 262 g/mol. The van der Waals surface area contributed by atoms with Gasteiger partial charge in [0.05, 0.1) is 17.8 Å². The Bertz CT molecular complexity index is 770. The summed E-state index contributed by atoms with van der Waals surface area (Å²) < 4.78 is 5.87. The van der Waals surface area contributed by atoms with E-state index in [-0.39, 0.29) is 6.23 Å². The molecule has 2 heterocycles. The number of anilines is 1. The van der Waals surface area contributed by atoms with Gasteiger partial charge in [-0.1, -0.05) is 42.5 Å². The molecule has 0 fully saturated rings. The molecule has 1 N–H and O–H groups in total. The van der Waals surface area contributed by atoms with Crippen LogP contribution in [0.25, 0.3) is 10.9 Å². The smallest absolute Gasteiger partial charge is 0.171 e. The molecule has 0 saturated heterocycles. The number of rotatable bonds is 1. The summed E-state index contributed by atoms with van der Waals surface area (Å²) in [7, 11) is 0. The van der Waals surface area contributed by atoms with Crippen LogP contribution in [0.1, 0.15) is 17.5 Å². The second-order valence-corrected chi connectivity index (χ2v) is 4.92. The Kier molecular flexibility index (Phi) is 2.64. The number of aromatic nitrogens is 1. The average molecular weight is 262 g/mol. The number of ether oxygens (including phenoxy) is 1. The van der Waals surface area contributed by atoms with Crippen molar-refractivity contribution in [2.75, 3.05) is 5.32 Å². The summed E-state index contributed by atoms with van der Waals surface area (Å²) in [6.07, 6.45) is -0.186. The molecule has 0 bridgehead atoms. The minimum atomic E-state index is -0.186. The summed E-state index contributed by atoms with van der Waals surface area (Å²) in [6, 6.07) is 20.4. The highest BCUT2D eigenvalue weighted by Crippen LogP contribution is 2.30. The molecule has 1 aromatic heterocycles. The van der Waals surface area contributed by atoms with Crippen LogP contribution >= 0.6 is 0 Å². The number of hydrogen-bond acceptors (Lipinski definition) is 3. The van der Waals surface area contributed by atoms with E-state index in [1.165, 1.54) is 5.56 Å². The van der Waals surface area contributed by atoms with Gasteiger partial charge in [0.1, 0.15) is 0 Å². The van der Waals surface area contributed by atoms with E-state index in [9.17, 15) is 0 Å². The van der Waals surface area contributed by atoms with Crippen LogP contribution in [0.2, 0.25) is 0 Å². The summed E-state index contributed by atoms with van der Waals surface area (Å²) in [5.74, 6) is 0. The lowest BCUT2D eigenvalue weighted by atomic mass is 10.1. The first-order valence-corrected chi connectivity index (χ1v) is 6.72. The van der Waals surface area contributed by atoms with E-state index in [0.717, 1.165) is 22.3 Å². The molecule has 3 nitrogen and oxygen atoms in total. The molecule has 4 rings (SSSR count). The quantitative estimate of drug-likeness (QED) is 0.722. The van der Waals surface area contributed by atoms with Gasteiger partial charge in [0.2, 0.25) is 0 Å². The Morgan fingerprint density at radius 2 is 1.80 bits per heavy atom. The second-order valence-electron chi connectivity index (χ2n) is 4.92. The molecule has 2 aromatic carbocycles. The lowest BCUT2D eigenvalue weighted by Gasteiger charge is -2.27. The van der Waals surface area contributed by atoms with Gasteiger partial charge in [-0.15, -0.1) is 0 Å². The van der Waals surface area contributed by atoms with Crippen LogP contribution in [0.15, 0.2) is 60.7 Å². The first-order valence-electron chi connectivity index (χ1n) is 6.72. The Morgan fingerprint density at radius 3 is 2.80 bits per heavy atom. The Hall–Kier alpha value is -2.39. The molecule has 0 spiro atoms. The zero-order chi connectivity index (χ0) is 13.4. The summed E-state index contributed by atoms with van der Waals surface area (Å²) in [5.41, 5.74) is 4.22. The number of nitrogens with one attached hydrogen (secondary N) is 1. The molecule has 1 unspecified atom stereocenters. The van der Waals surface area contributed by atoms with Crippen molar-refractivity contribution >= 4 is 16.6 Å². The molecule has 1 aliphatic rings. The minimum Gasteiger partial charge on any atom is -0.355 e. The third-order valence-electron chi connectivity index (χ3n) is 3.60. The maximum Gasteiger partial charge on any atom is 0.171 e. The Morgan fingerprint density at radius 1 is 0.950 bits per heavy atom. The zero-order valence-electron chi connectivity index (χ0n) is 10.9. The van der Waals surface area contributed by atoms with Gasteiger partial charge in [0.15, 0.2) is 6.23 Å². The number of hydrogen-bond donors (Lipinski definition) is 1. The van der Waals surface area contributed by atoms with Crippen LogP contribution in [0.3, 0.4) is 0 Å². The van der Waals surface area contributed by atoms with Gasteiger partial charge in [0.25, 0.3) is 0 Å². The third kappa shape index (κ3) is 1.92. The van der Waals surface area contributed by atoms with E-state index in [0.29, 0.717) is 6.61 Å². The standard InChI is InChI=1S/C17H14N2O/c1-3-7-14-12(5-1)9-10-16(18-14)17-19-15-8-4-2-6-13(15)11-20-17/h1-10,17,19H,11H2. The molecule has 0 saturated carbocycles. The van der Waals surface area contributed by atoms with Gasteiger partial charge in [-0.25, -0.2) is 4.98 Å². The van der Waals surface area contributed by atoms with Crippen molar-refractivity contribution in [2.24, 2.45) is 0 Å². The molecule has 0 aliphatic carbocycles. The molecule has 98 valence electrons. The van der Waals surface area contributed by atoms with Crippen molar-refractivity contribution in [1.82, 2.24) is 4.98 Å². The van der Waals surface area contributed by atoms with Gasteiger partial charge < -0.3 is 10.1 Å². The number of nitrogens with zero attached hydrogens (tertiary/aromatic N) is 1. The van der Waals surface area contributed by atoms with Gasteiger partial charge >= 0.3 is 0 Å². The Balaban J connectivity index is 1.70. The SMILES string of the molecule is c1ccc2c(c1)COC(c1ccc3ccccc3n1)N2. The van der Waals surface area contributed by atoms with Gasteiger partial charge in [-0.3, -0.25) is 0 Å². The number of pyridine rings is 1. The predicted octanol–water partition coefficient (Wildman–Crippen LogP) is 3.88. The number of benzene rings is 2. The molecule has 0 radical (unpaired) electrons. The van der Waals surface area contributed by atoms with Crippen molar-refractivity contribution in [2.45, 2.75) is 12.8 Å². The average Bonchev–Trinajstić information content (AvgIpc) is 2.54. The summed E-state index contributed by atoms with van der Waals surface area (Å²) in [5, 5.41) is 4.54. The van der Waals surface area contributed by atoms with E-state index >= 15 is 0 Å². The normalized spacial score (nSPS) is 17.5. The van der Waals surface area contributed by atoms with Crippen LogP contribution in [0.5, 0.6) is 0 Å². The largest absolute Gasteiger partial charge is 0.355 e. The molecule has 20 heavy (non-hydrogen) atoms. The van der Waals surface area contributed by atoms with Crippen LogP contribution in [0, 0.1) is 0 Å². The van der Waals surface area contributed by atoms with Crippen LogP contribution < -0.4 is 5.32 Å². The minimum absolute atomic E-state index is 0.186. The van der Waals surface area contributed by atoms with Crippen molar-refractivity contribution < 1.29 is 4.74 Å². The van der Waals surface area contributed by atoms with Gasteiger partial charge in [0, 0.05) is 16.6 Å². The van der Waals surface area contributed by atoms with Crippen LogP contribution in [-0.2, 0) is 11.3 Å². The molecule has 1 aliphatic heterocycles. The van der Waals surface area contributed by atoms with E-state index < -0.39 is 0 Å². The molecule has 3 heteroatoms. The highest BCUT2D eigenvalue weighted by atomic mass is 16.5.